The first-order valence-electron chi connectivity index (χ1n) is 8.87. The Labute approximate surface area is 144 Å². The molecule has 0 heterocycles. The Kier molecular flexibility index (Phi) is 6.63. The van der Waals surface area contributed by atoms with Crippen LogP contribution in [0.1, 0.15) is 57.1 Å². The number of ether oxygens (including phenoxy) is 1. The predicted octanol–water partition coefficient (Wildman–Crippen LogP) is 3.74. The highest BCUT2D eigenvalue weighted by atomic mass is 16.5. The number of carbonyl (C=O) groups is 1. The average molecular weight is 334 g/mol. The summed E-state index contributed by atoms with van der Waals surface area (Å²) in [7, 11) is 0. The number of carbonyl (C=O) groups excluding carboxylic acids is 1. The van der Waals surface area contributed by atoms with Gasteiger partial charge in [0.2, 0.25) is 0 Å². The zero-order chi connectivity index (χ0) is 17.6. The van der Waals surface area contributed by atoms with Crippen molar-refractivity contribution < 1.29 is 14.6 Å². The lowest BCUT2D eigenvalue weighted by Gasteiger charge is -2.32. The maximum absolute atomic E-state index is 12.2. The van der Waals surface area contributed by atoms with E-state index >= 15 is 0 Å². The Balaban J connectivity index is 1.90. The quantitative estimate of drug-likeness (QED) is 0.742. The number of hydrogen-bond acceptors (Lipinski definition) is 3. The molecule has 0 aromatic heterocycles. The highest BCUT2D eigenvalue weighted by Gasteiger charge is 2.29. The van der Waals surface area contributed by atoms with E-state index in [1.165, 1.54) is 6.42 Å². The Hall–Kier alpha value is -1.59. The van der Waals surface area contributed by atoms with E-state index in [2.05, 4.69) is 10.6 Å². The molecule has 2 rings (SSSR count). The summed E-state index contributed by atoms with van der Waals surface area (Å²) in [5.74, 6) is 0. The van der Waals surface area contributed by atoms with Crippen molar-refractivity contribution in [1.29, 1.82) is 0 Å². The van der Waals surface area contributed by atoms with Crippen LogP contribution in [0.15, 0.2) is 18.2 Å². The maximum atomic E-state index is 12.2. The number of urea groups is 1. The number of hydrogen-bond donors (Lipinski definition) is 3. The van der Waals surface area contributed by atoms with Gasteiger partial charge in [-0.3, -0.25) is 0 Å². The molecule has 1 saturated carbocycles. The summed E-state index contributed by atoms with van der Waals surface area (Å²) in [6.45, 7) is 6.81. The van der Waals surface area contributed by atoms with Crippen molar-refractivity contribution in [3.05, 3.63) is 29.3 Å². The van der Waals surface area contributed by atoms with Crippen molar-refractivity contribution in [2.75, 3.05) is 11.9 Å². The largest absolute Gasteiger partial charge is 0.388 e. The number of benzene rings is 1. The highest BCUT2D eigenvalue weighted by Crippen LogP contribution is 2.27. The van der Waals surface area contributed by atoms with Gasteiger partial charge in [-0.1, -0.05) is 31.4 Å². The first kappa shape index (κ1) is 18.7. The summed E-state index contributed by atoms with van der Waals surface area (Å²) in [4.78, 5) is 12.2. The van der Waals surface area contributed by atoms with Gasteiger partial charge in [0.1, 0.15) is 0 Å². The van der Waals surface area contributed by atoms with Crippen molar-refractivity contribution >= 4 is 11.7 Å². The minimum Gasteiger partial charge on any atom is -0.388 e. The molecule has 5 heteroatoms. The fourth-order valence-corrected chi connectivity index (χ4v) is 3.03. The Morgan fingerprint density at radius 3 is 2.67 bits per heavy atom. The fraction of sp³-hybridized carbons (Fsp3) is 0.632. The topological polar surface area (TPSA) is 70.6 Å². The molecule has 24 heavy (non-hydrogen) atoms. The first-order valence-corrected chi connectivity index (χ1v) is 8.87. The lowest BCUT2D eigenvalue weighted by molar-refractivity contribution is 0.00755. The Bertz CT molecular complexity index is 552. The standard InChI is InChI=1S/C19H30N2O3/c1-14(2)24-12-16-8-7-9-17(15(16)3)21-18(22)20-13-19(23)10-5-4-6-11-19/h7-9,14,23H,4-6,10-13H2,1-3H3,(H2,20,21,22). The van der Waals surface area contributed by atoms with Gasteiger partial charge in [0.05, 0.1) is 18.3 Å². The molecule has 2 amide bonds. The Morgan fingerprint density at radius 2 is 2.00 bits per heavy atom. The molecule has 0 radical (unpaired) electrons. The summed E-state index contributed by atoms with van der Waals surface area (Å²) < 4.78 is 5.65. The zero-order valence-corrected chi connectivity index (χ0v) is 15.0. The molecule has 0 aliphatic heterocycles. The smallest absolute Gasteiger partial charge is 0.319 e. The Morgan fingerprint density at radius 1 is 1.29 bits per heavy atom. The van der Waals surface area contributed by atoms with Gasteiger partial charge in [-0.15, -0.1) is 0 Å². The van der Waals surface area contributed by atoms with E-state index in [4.69, 9.17) is 4.74 Å². The van der Waals surface area contributed by atoms with Crippen molar-refractivity contribution in [1.82, 2.24) is 5.32 Å². The van der Waals surface area contributed by atoms with E-state index in [0.29, 0.717) is 13.2 Å². The molecule has 1 aliphatic carbocycles. The van der Waals surface area contributed by atoms with Gasteiger partial charge in [0, 0.05) is 12.2 Å². The molecule has 0 unspecified atom stereocenters. The third kappa shape index (κ3) is 5.49. The lowest BCUT2D eigenvalue weighted by Crippen LogP contribution is -2.45. The van der Waals surface area contributed by atoms with Crippen LogP contribution in [-0.2, 0) is 11.3 Å². The molecule has 1 fully saturated rings. The minimum atomic E-state index is -0.752. The van der Waals surface area contributed by atoms with Crippen molar-refractivity contribution in [2.45, 2.75) is 71.2 Å². The summed E-state index contributed by atoms with van der Waals surface area (Å²) in [5, 5.41) is 16.1. The predicted molar refractivity (Wildman–Crippen MR) is 96.2 cm³/mol. The van der Waals surface area contributed by atoms with Crippen LogP contribution in [0.25, 0.3) is 0 Å². The van der Waals surface area contributed by atoms with Crippen molar-refractivity contribution in [3.63, 3.8) is 0 Å². The molecule has 3 N–H and O–H groups in total. The first-order chi connectivity index (χ1) is 11.4. The molecule has 0 spiro atoms. The third-order valence-corrected chi connectivity index (χ3v) is 4.63. The van der Waals surface area contributed by atoms with E-state index < -0.39 is 5.60 Å². The summed E-state index contributed by atoms with van der Waals surface area (Å²) in [5.41, 5.74) is 2.09. The zero-order valence-electron chi connectivity index (χ0n) is 15.0. The number of nitrogens with one attached hydrogen (secondary N) is 2. The van der Waals surface area contributed by atoms with Gasteiger partial charge in [-0.25, -0.2) is 4.79 Å². The molecule has 0 bridgehead atoms. The van der Waals surface area contributed by atoms with Crippen molar-refractivity contribution in [2.24, 2.45) is 0 Å². The van der Waals surface area contributed by atoms with Crippen molar-refractivity contribution in [3.8, 4) is 0 Å². The van der Waals surface area contributed by atoms with E-state index in [1.54, 1.807) is 0 Å². The summed E-state index contributed by atoms with van der Waals surface area (Å²) in [6.07, 6.45) is 4.90. The molecular weight excluding hydrogens is 304 g/mol. The molecule has 1 aromatic rings. The van der Waals surface area contributed by atoms with Crippen LogP contribution in [-0.4, -0.2) is 29.4 Å². The fourth-order valence-electron chi connectivity index (χ4n) is 3.03. The molecular formula is C19H30N2O3. The average Bonchev–Trinajstić information content (AvgIpc) is 2.54. The lowest BCUT2D eigenvalue weighted by atomic mass is 9.85. The molecule has 5 nitrogen and oxygen atoms in total. The van der Waals surface area contributed by atoms with Crippen LogP contribution in [0, 0.1) is 6.92 Å². The monoisotopic (exact) mass is 334 g/mol. The normalized spacial score (nSPS) is 16.9. The summed E-state index contributed by atoms with van der Waals surface area (Å²) in [6, 6.07) is 5.52. The van der Waals surface area contributed by atoms with Crippen LogP contribution in [0.4, 0.5) is 10.5 Å². The second-order valence-corrected chi connectivity index (χ2v) is 7.04. The van der Waals surface area contributed by atoms with Gasteiger partial charge in [-0.2, -0.15) is 0 Å². The van der Waals surface area contributed by atoms with Crippen LogP contribution in [0.3, 0.4) is 0 Å². The molecule has 0 saturated heterocycles. The second kappa shape index (κ2) is 8.49. The molecule has 0 atom stereocenters. The van der Waals surface area contributed by atoms with E-state index in [9.17, 15) is 9.90 Å². The number of aliphatic hydroxyl groups is 1. The van der Waals surface area contributed by atoms with E-state index in [1.807, 2.05) is 39.0 Å². The van der Waals surface area contributed by atoms with E-state index in [-0.39, 0.29) is 12.1 Å². The van der Waals surface area contributed by atoms with Crippen LogP contribution >= 0.6 is 0 Å². The highest BCUT2D eigenvalue weighted by molar-refractivity contribution is 5.90. The number of amides is 2. The van der Waals surface area contributed by atoms with E-state index in [0.717, 1.165) is 42.5 Å². The van der Waals surface area contributed by atoms with Gasteiger partial charge < -0.3 is 20.5 Å². The summed E-state index contributed by atoms with van der Waals surface area (Å²) >= 11 is 0. The number of rotatable bonds is 6. The van der Waals surface area contributed by atoms with Gasteiger partial charge >= 0.3 is 6.03 Å². The third-order valence-electron chi connectivity index (χ3n) is 4.63. The molecule has 134 valence electrons. The van der Waals surface area contributed by atoms with Crippen LogP contribution in [0.5, 0.6) is 0 Å². The van der Waals surface area contributed by atoms with Gasteiger partial charge in [0.15, 0.2) is 0 Å². The second-order valence-electron chi connectivity index (χ2n) is 7.04. The number of anilines is 1. The minimum absolute atomic E-state index is 0.167. The maximum Gasteiger partial charge on any atom is 0.319 e. The molecule has 1 aliphatic rings. The van der Waals surface area contributed by atoms with Gasteiger partial charge in [0.25, 0.3) is 0 Å². The van der Waals surface area contributed by atoms with Crippen LogP contribution < -0.4 is 10.6 Å². The van der Waals surface area contributed by atoms with Crippen LogP contribution in [0.2, 0.25) is 0 Å². The SMILES string of the molecule is Cc1c(COC(C)C)cccc1NC(=O)NCC1(O)CCCCC1. The van der Waals surface area contributed by atoms with Gasteiger partial charge in [-0.05, 0) is 50.8 Å². The molecule has 1 aromatic carbocycles.